The normalized spacial score (nSPS) is 12.0. The molecule has 2 N–H and O–H groups in total. The summed E-state index contributed by atoms with van der Waals surface area (Å²) in [6.07, 6.45) is 0.857. The first-order chi connectivity index (χ1) is 8.48. The Morgan fingerprint density at radius 3 is 2.72 bits per heavy atom. The Hall–Kier alpha value is -1.62. The van der Waals surface area contributed by atoms with Crippen LogP contribution in [0.4, 0.5) is 0 Å². The number of hydrogen-bond acceptors (Lipinski definition) is 4. The number of methoxy groups -OCH3 is 1. The maximum Gasteiger partial charge on any atom is 0.215 e. The molecule has 0 saturated carbocycles. The molecule has 2 aromatic heterocycles. The molecule has 0 aromatic carbocycles. The van der Waals surface area contributed by atoms with Crippen molar-refractivity contribution in [3.8, 4) is 5.88 Å². The van der Waals surface area contributed by atoms with E-state index in [9.17, 15) is 0 Å². The van der Waals surface area contributed by atoms with E-state index in [4.69, 9.17) is 4.74 Å². The average molecular weight is 248 g/mol. The summed E-state index contributed by atoms with van der Waals surface area (Å²) in [5.41, 5.74) is 1.79. The minimum absolute atomic E-state index is 0.132. The van der Waals surface area contributed by atoms with E-state index in [0.717, 1.165) is 24.3 Å². The lowest BCUT2D eigenvalue weighted by Crippen LogP contribution is -2.37. The number of fused-ring (bicyclic) bond motifs is 1. The second-order valence-corrected chi connectivity index (χ2v) is 5.34. The molecule has 0 radical (unpaired) electrons. The van der Waals surface area contributed by atoms with E-state index in [2.05, 4.69) is 41.0 Å². The maximum atomic E-state index is 5.08. The number of rotatable bonds is 4. The summed E-state index contributed by atoms with van der Waals surface area (Å²) >= 11 is 0. The van der Waals surface area contributed by atoms with Crippen LogP contribution in [0.15, 0.2) is 12.1 Å². The van der Waals surface area contributed by atoms with Crippen LogP contribution in [0.5, 0.6) is 5.88 Å². The summed E-state index contributed by atoms with van der Waals surface area (Å²) in [6, 6.07) is 3.77. The van der Waals surface area contributed by atoms with Gasteiger partial charge in [-0.3, -0.25) is 0 Å². The van der Waals surface area contributed by atoms with Crippen molar-refractivity contribution in [1.29, 1.82) is 0 Å². The molecule has 0 amide bonds. The number of hydrogen-bond donors (Lipinski definition) is 2. The van der Waals surface area contributed by atoms with Crippen molar-refractivity contribution in [3.05, 3.63) is 18.0 Å². The Morgan fingerprint density at radius 2 is 2.06 bits per heavy atom. The predicted molar refractivity (Wildman–Crippen MR) is 71.9 cm³/mol. The Labute approximate surface area is 107 Å². The first kappa shape index (κ1) is 12.8. The Morgan fingerprint density at radius 1 is 1.28 bits per heavy atom. The average Bonchev–Trinajstić information content (AvgIpc) is 2.68. The molecular formula is C13H20N4O. The van der Waals surface area contributed by atoms with Crippen molar-refractivity contribution < 1.29 is 4.74 Å². The molecule has 0 aliphatic rings. The van der Waals surface area contributed by atoms with E-state index in [1.54, 1.807) is 7.11 Å². The third-order valence-corrected chi connectivity index (χ3v) is 2.60. The molecule has 0 spiro atoms. The standard InChI is InChI=1S/C13H20N4O/c1-13(2,3)14-8-7-10-15-9-5-6-11(18-4)17-12(9)16-10/h5-6,14H,7-8H2,1-4H3,(H,15,16,17). The van der Waals surface area contributed by atoms with Crippen LogP contribution in [0.3, 0.4) is 0 Å². The molecule has 5 heteroatoms. The summed E-state index contributed by atoms with van der Waals surface area (Å²) in [5.74, 6) is 1.54. The Balaban J connectivity index is 2.06. The molecular weight excluding hydrogens is 228 g/mol. The highest BCUT2D eigenvalue weighted by molar-refractivity contribution is 5.71. The number of aromatic nitrogens is 3. The minimum atomic E-state index is 0.132. The van der Waals surface area contributed by atoms with Crippen molar-refractivity contribution in [2.24, 2.45) is 0 Å². The number of aromatic amines is 1. The zero-order valence-electron chi connectivity index (χ0n) is 11.4. The third-order valence-electron chi connectivity index (χ3n) is 2.60. The lowest BCUT2D eigenvalue weighted by Gasteiger charge is -2.19. The number of ether oxygens (including phenoxy) is 1. The van der Waals surface area contributed by atoms with Crippen LogP contribution >= 0.6 is 0 Å². The van der Waals surface area contributed by atoms with Gasteiger partial charge in [0.25, 0.3) is 0 Å². The lowest BCUT2D eigenvalue weighted by atomic mass is 10.1. The minimum Gasteiger partial charge on any atom is -0.481 e. The number of H-pyrrole nitrogens is 1. The van der Waals surface area contributed by atoms with Crippen molar-refractivity contribution in [2.45, 2.75) is 32.7 Å². The van der Waals surface area contributed by atoms with E-state index < -0.39 is 0 Å². The number of nitrogens with zero attached hydrogens (tertiary/aromatic N) is 2. The van der Waals surface area contributed by atoms with Crippen LogP contribution in [-0.4, -0.2) is 34.1 Å². The molecule has 2 rings (SSSR count). The van der Waals surface area contributed by atoms with Crippen LogP contribution in [0.2, 0.25) is 0 Å². The highest BCUT2D eigenvalue weighted by atomic mass is 16.5. The van der Waals surface area contributed by atoms with Gasteiger partial charge in [0.2, 0.25) is 5.88 Å². The largest absolute Gasteiger partial charge is 0.481 e. The van der Waals surface area contributed by atoms with E-state index in [0.29, 0.717) is 11.5 Å². The quantitative estimate of drug-likeness (QED) is 0.867. The Bertz CT molecular complexity index is 527. The van der Waals surface area contributed by atoms with Gasteiger partial charge >= 0.3 is 0 Å². The van der Waals surface area contributed by atoms with Gasteiger partial charge in [-0.05, 0) is 26.8 Å². The van der Waals surface area contributed by atoms with E-state index in [1.165, 1.54) is 0 Å². The predicted octanol–water partition coefficient (Wildman–Crippen LogP) is 1.90. The summed E-state index contributed by atoms with van der Waals surface area (Å²) in [6.45, 7) is 7.34. The van der Waals surface area contributed by atoms with E-state index in [1.807, 2.05) is 12.1 Å². The van der Waals surface area contributed by atoms with Crippen LogP contribution < -0.4 is 10.1 Å². The molecule has 98 valence electrons. The summed E-state index contributed by atoms with van der Waals surface area (Å²) < 4.78 is 5.08. The lowest BCUT2D eigenvalue weighted by molar-refractivity contribution is 0.399. The number of imidazole rings is 1. The van der Waals surface area contributed by atoms with Crippen molar-refractivity contribution >= 4 is 11.2 Å². The fraction of sp³-hybridized carbons (Fsp3) is 0.538. The zero-order chi connectivity index (χ0) is 13.2. The molecule has 0 saturated heterocycles. The fourth-order valence-corrected chi connectivity index (χ4v) is 1.71. The molecule has 0 aliphatic carbocycles. The summed E-state index contributed by atoms with van der Waals surface area (Å²) in [4.78, 5) is 12.0. The fourth-order valence-electron chi connectivity index (χ4n) is 1.71. The highest BCUT2D eigenvalue weighted by Crippen LogP contribution is 2.14. The zero-order valence-corrected chi connectivity index (χ0v) is 11.4. The number of nitrogens with one attached hydrogen (secondary N) is 2. The van der Waals surface area contributed by atoms with Gasteiger partial charge in [0.15, 0.2) is 5.65 Å². The second-order valence-electron chi connectivity index (χ2n) is 5.34. The van der Waals surface area contributed by atoms with E-state index >= 15 is 0 Å². The van der Waals surface area contributed by atoms with Gasteiger partial charge in [-0.2, -0.15) is 4.98 Å². The van der Waals surface area contributed by atoms with Crippen LogP contribution in [0.25, 0.3) is 11.2 Å². The number of pyridine rings is 1. The van der Waals surface area contributed by atoms with Crippen LogP contribution in [0, 0.1) is 0 Å². The highest BCUT2D eigenvalue weighted by Gasteiger charge is 2.09. The molecule has 2 aromatic rings. The first-order valence-corrected chi connectivity index (χ1v) is 6.12. The first-order valence-electron chi connectivity index (χ1n) is 6.12. The van der Waals surface area contributed by atoms with Gasteiger partial charge < -0.3 is 15.0 Å². The molecule has 0 aliphatic heterocycles. The van der Waals surface area contributed by atoms with Gasteiger partial charge in [-0.25, -0.2) is 4.98 Å². The maximum absolute atomic E-state index is 5.08. The molecule has 0 fully saturated rings. The van der Waals surface area contributed by atoms with Crippen LogP contribution in [0.1, 0.15) is 26.6 Å². The molecule has 0 unspecified atom stereocenters. The molecule has 2 heterocycles. The molecule has 18 heavy (non-hydrogen) atoms. The van der Waals surface area contributed by atoms with Gasteiger partial charge in [-0.1, -0.05) is 0 Å². The van der Waals surface area contributed by atoms with Gasteiger partial charge in [0.1, 0.15) is 5.82 Å². The van der Waals surface area contributed by atoms with Gasteiger partial charge in [-0.15, -0.1) is 0 Å². The smallest absolute Gasteiger partial charge is 0.215 e. The summed E-state index contributed by atoms with van der Waals surface area (Å²) in [7, 11) is 1.61. The van der Waals surface area contributed by atoms with Crippen molar-refractivity contribution in [2.75, 3.05) is 13.7 Å². The molecule has 0 bridgehead atoms. The third kappa shape index (κ3) is 3.20. The summed E-state index contributed by atoms with van der Waals surface area (Å²) in [5, 5.41) is 3.43. The second kappa shape index (κ2) is 4.94. The van der Waals surface area contributed by atoms with E-state index in [-0.39, 0.29) is 5.54 Å². The SMILES string of the molecule is COc1ccc2[nH]c(CCNC(C)(C)C)nc2n1. The van der Waals surface area contributed by atoms with Crippen molar-refractivity contribution in [3.63, 3.8) is 0 Å². The molecule has 0 atom stereocenters. The van der Waals surface area contributed by atoms with Crippen LogP contribution in [-0.2, 0) is 6.42 Å². The topological polar surface area (TPSA) is 62.8 Å². The molecule has 5 nitrogen and oxygen atoms in total. The van der Waals surface area contributed by atoms with Gasteiger partial charge in [0.05, 0.1) is 12.6 Å². The van der Waals surface area contributed by atoms with Crippen molar-refractivity contribution in [1.82, 2.24) is 20.3 Å². The van der Waals surface area contributed by atoms with Gasteiger partial charge in [0, 0.05) is 24.6 Å². The Kier molecular flexibility index (Phi) is 3.52. The monoisotopic (exact) mass is 248 g/mol.